The van der Waals surface area contributed by atoms with E-state index in [-0.39, 0.29) is 17.2 Å². The second kappa shape index (κ2) is 5.72. The minimum atomic E-state index is -4.28. The van der Waals surface area contributed by atoms with E-state index >= 15 is 0 Å². The minimum Gasteiger partial charge on any atom is -0.390 e. The molecule has 1 spiro atoms. The molecule has 142 valence electrons. The molecule has 3 nitrogen and oxygen atoms in total. The summed E-state index contributed by atoms with van der Waals surface area (Å²) in [5, 5.41) is 9.77. The summed E-state index contributed by atoms with van der Waals surface area (Å²) in [6, 6.07) is 5.46. The maximum atomic E-state index is 12.6. The fourth-order valence-corrected chi connectivity index (χ4v) is 5.08. The number of carbonyl (C=O) groups is 1. The van der Waals surface area contributed by atoms with Crippen LogP contribution in [0.4, 0.5) is 13.2 Å². The van der Waals surface area contributed by atoms with Crippen LogP contribution in [0.2, 0.25) is 0 Å². The summed E-state index contributed by atoms with van der Waals surface area (Å²) in [4.78, 5) is 14.2. The first kappa shape index (κ1) is 17.8. The van der Waals surface area contributed by atoms with Gasteiger partial charge in [0.15, 0.2) is 0 Å². The number of alkyl halides is 3. The second-order valence-electron chi connectivity index (χ2n) is 8.97. The van der Waals surface area contributed by atoms with E-state index < -0.39 is 17.3 Å². The Kier molecular flexibility index (Phi) is 3.92. The highest BCUT2D eigenvalue weighted by atomic mass is 19.4. The van der Waals surface area contributed by atoms with Crippen molar-refractivity contribution in [3.63, 3.8) is 0 Å². The van der Waals surface area contributed by atoms with E-state index in [1.165, 1.54) is 0 Å². The van der Waals surface area contributed by atoms with Crippen molar-refractivity contribution in [2.24, 2.45) is 17.3 Å². The summed E-state index contributed by atoms with van der Waals surface area (Å²) < 4.78 is 37.8. The average molecular weight is 367 g/mol. The SMILES string of the molecule is C[C@]1(O)C[C@@H](C(=O)N2CC3(CC(Cc4ccc(C(F)(F)F)cc4)C3)C2)C1. The molecule has 0 unspecified atom stereocenters. The summed E-state index contributed by atoms with van der Waals surface area (Å²) in [6.45, 7) is 3.37. The van der Waals surface area contributed by atoms with Crippen LogP contribution < -0.4 is 0 Å². The van der Waals surface area contributed by atoms with Crippen LogP contribution >= 0.6 is 0 Å². The van der Waals surface area contributed by atoms with Gasteiger partial charge in [0.05, 0.1) is 11.2 Å². The first-order valence-electron chi connectivity index (χ1n) is 9.23. The number of hydrogen-bond donors (Lipinski definition) is 1. The van der Waals surface area contributed by atoms with Crippen LogP contribution in [-0.2, 0) is 17.4 Å². The number of halogens is 3. The second-order valence-corrected chi connectivity index (χ2v) is 8.97. The van der Waals surface area contributed by atoms with Crippen molar-refractivity contribution in [3.05, 3.63) is 35.4 Å². The van der Waals surface area contributed by atoms with Crippen LogP contribution in [0.1, 0.15) is 43.7 Å². The Bertz CT molecular complexity index is 689. The van der Waals surface area contributed by atoms with Crippen molar-refractivity contribution in [3.8, 4) is 0 Å². The van der Waals surface area contributed by atoms with Gasteiger partial charge in [-0.2, -0.15) is 13.2 Å². The Morgan fingerprint density at radius 3 is 2.23 bits per heavy atom. The standard InChI is InChI=1S/C20H24F3NO2/c1-18(26)9-15(10-18)17(25)24-11-19(12-24)7-14(8-19)6-13-2-4-16(5-3-13)20(21,22)23/h2-5,14-15,26H,6-12H2,1H3/t15-,18+. The van der Waals surface area contributed by atoms with E-state index in [0.717, 1.165) is 50.0 Å². The predicted octanol–water partition coefficient (Wildman–Crippen LogP) is 3.65. The van der Waals surface area contributed by atoms with Gasteiger partial charge in [-0.15, -0.1) is 0 Å². The number of aliphatic hydroxyl groups is 1. The maximum absolute atomic E-state index is 12.6. The normalized spacial score (nSPS) is 30.5. The van der Waals surface area contributed by atoms with Gasteiger partial charge in [-0.05, 0) is 62.6 Å². The average Bonchev–Trinajstić information content (AvgIpc) is 2.44. The van der Waals surface area contributed by atoms with Crippen molar-refractivity contribution in [1.29, 1.82) is 0 Å². The number of amides is 1. The molecule has 1 aromatic carbocycles. The minimum absolute atomic E-state index is 0.0228. The van der Waals surface area contributed by atoms with E-state index in [4.69, 9.17) is 0 Å². The van der Waals surface area contributed by atoms with Gasteiger partial charge >= 0.3 is 6.18 Å². The number of benzene rings is 1. The van der Waals surface area contributed by atoms with Crippen molar-refractivity contribution >= 4 is 5.91 Å². The zero-order valence-electron chi connectivity index (χ0n) is 14.9. The molecule has 6 heteroatoms. The van der Waals surface area contributed by atoms with Gasteiger partial charge in [0.25, 0.3) is 0 Å². The molecule has 1 aliphatic heterocycles. The largest absolute Gasteiger partial charge is 0.416 e. The van der Waals surface area contributed by atoms with Crippen molar-refractivity contribution in [2.45, 2.75) is 50.8 Å². The monoisotopic (exact) mass is 367 g/mol. The van der Waals surface area contributed by atoms with Gasteiger partial charge in [0, 0.05) is 24.4 Å². The van der Waals surface area contributed by atoms with E-state index in [0.29, 0.717) is 18.8 Å². The fourth-order valence-electron chi connectivity index (χ4n) is 5.08. The van der Waals surface area contributed by atoms with Crippen LogP contribution in [0.3, 0.4) is 0 Å². The lowest BCUT2D eigenvalue weighted by molar-refractivity contribution is -0.171. The van der Waals surface area contributed by atoms with Crippen LogP contribution in [0.25, 0.3) is 0 Å². The molecule has 0 radical (unpaired) electrons. The molecule has 1 amide bonds. The molecule has 1 aromatic rings. The highest BCUT2D eigenvalue weighted by molar-refractivity contribution is 5.81. The molecule has 4 rings (SSSR count). The molecular formula is C20H24F3NO2. The summed E-state index contributed by atoms with van der Waals surface area (Å²) in [7, 11) is 0. The Labute approximate surface area is 151 Å². The molecular weight excluding hydrogens is 343 g/mol. The Hall–Kier alpha value is -1.56. The van der Waals surface area contributed by atoms with Crippen molar-refractivity contribution in [1.82, 2.24) is 4.90 Å². The first-order chi connectivity index (χ1) is 12.1. The van der Waals surface area contributed by atoms with E-state index in [9.17, 15) is 23.1 Å². The highest BCUT2D eigenvalue weighted by Gasteiger charge is 2.55. The quantitative estimate of drug-likeness (QED) is 0.886. The third kappa shape index (κ3) is 3.24. The van der Waals surface area contributed by atoms with Gasteiger partial charge in [-0.3, -0.25) is 4.79 Å². The van der Waals surface area contributed by atoms with Crippen molar-refractivity contribution < 1.29 is 23.1 Å². The highest BCUT2D eigenvalue weighted by Crippen LogP contribution is 2.54. The molecule has 0 atom stereocenters. The number of rotatable bonds is 3. The van der Waals surface area contributed by atoms with Crippen molar-refractivity contribution in [2.75, 3.05) is 13.1 Å². The molecule has 0 aromatic heterocycles. The lowest BCUT2D eigenvalue weighted by Crippen LogP contribution is -2.66. The maximum Gasteiger partial charge on any atom is 0.416 e. The molecule has 2 saturated carbocycles. The molecule has 1 saturated heterocycles. The van der Waals surface area contributed by atoms with Gasteiger partial charge in [-0.25, -0.2) is 0 Å². The third-order valence-electron chi connectivity index (χ3n) is 6.33. The summed E-state index contributed by atoms with van der Waals surface area (Å²) >= 11 is 0. The lowest BCUT2D eigenvalue weighted by atomic mass is 9.56. The third-order valence-corrected chi connectivity index (χ3v) is 6.33. The molecule has 1 N–H and O–H groups in total. The van der Waals surface area contributed by atoms with E-state index in [2.05, 4.69) is 0 Å². The van der Waals surface area contributed by atoms with Gasteiger partial charge < -0.3 is 10.0 Å². The Morgan fingerprint density at radius 1 is 1.15 bits per heavy atom. The Morgan fingerprint density at radius 2 is 1.73 bits per heavy atom. The van der Waals surface area contributed by atoms with E-state index in [1.54, 1.807) is 19.1 Å². The Balaban J connectivity index is 1.22. The van der Waals surface area contributed by atoms with Gasteiger partial charge in [-0.1, -0.05) is 12.1 Å². The summed E-state index contributed by atoms with van der Waals surface area (Å²) in [5.74, 6) is 0.645. The molecule has 2 aliphatic carbocycles. The molecule has 0 bridgehead atoms. The number of nitrogens with zero attached hydrogens (tertiary/aromatic N) is 1. The van der Waals surface area contributed by atoms with Crippen LogP contribution in [0.15, 0.2) is 24.3 Å². The van der Waals surface area contributed by atoms with Crippen LogP contribution in [-0.4, -0.2) is 34.6 Å². The summed E-state index contributed by atoms with van der Waals surface area (Å²) in [5.41, 5.74) is -0.0961. The number of carbonyl (C=O) groups excluding carboxylic acids is 1. The molecule has 26 heavy (non-hydrogen) atoms. The number of hydrogen-bond acceptors (Lipinski definition) is 2. The molecule has 3 fully saturated rings. The first-order valence-corrected chi connectivity index (χ1v) is 9.23. The molecule has 3 aliphatic rings. The van der Waals surface area contributed by atoms with Crippen LogP contribution in [0, 0.1) is 17.3 Å². The lowest BCUT2D eigenvalue weighted by Gasteiger charge is -2.60. The smallest absolute Gasteiger partial charge is 0.390 e. The van der Waals surface area contributed by atoms with Gasteiger partial charge in [0.2, 0.25) is 5.91 Å². The topological polar surface area (TPSA) is 40.5 Å². The predicted molar refractivity (Wildman–Crippen MR) is 90.2 cm³/mol. The number of likely N-dealkylation sites (tertiary alicyclic amines) is 1. The summed E-state index contributed by atoms with van der Waals surface area (Å²) in [6.07, 6.45) is -0.271. The fraction of sp³-hybridized carbons (Fsp3) is 0.650. The van der Waals surface area contributed by atoms with Gasteiger partial charge in [0.1, 0.15) is 0 Å². The molecule has 1 heterocycles. The zero-order chi connectivity index (χ0) is 18.7. The van der Waals surface area contributed by atoms with Crippen LogP contribution in [0.5, 0.6) is 0 Å². The zero-order valence-corrected chi connectivity index (χ0v) is 14.9. The van der Waals surface area contributed by atoms with E-state index in [1.807, 2.05) is 4.90 Å².